The Bertz CT molecular complexity index is 2740. The molecule has 7 rings (SSSR count). The fraction of sp³-hybridized carbons (Fsp3) is 0.0286. The van der Waals surface area contributed by atoms with Crippen molar-refractivity contribution in [2.24, 2.45) is 0 Å². The Morgan fingerprint density at radius 2 is 0.829 bits per heavy atom. The molecule has 0 aliphatic heterocycles. The number of rotatable bonds is 2. The van der Waals surface area contributed by atoms with E-state index in [2.05, 4.69) is 0 Å². The van der Waals surface area contributed by atoms with Gasteiger partial charge in [0, 0.05) is 0 Å². The van der Waals surface area contributed by atoms with Gasteiger partial charge in [0.25, 0.3) is 0 Å². The molecule has 0 aliphatic carbocycles. The summed E-state index contributed by atoms with van der Waals surface area (Å²) >= 11 is 0. The molecule has 7 aromatic carbocycles. The van der Waals surface area contributed by atoms with Crippen molar-refractivity contribution in [3.05, 3.63) is 132 Å². The van der Waals surface area contributed by atoms with E-state index in [0.29, 0.717) is 0 Å². The van der Waals surface area contributed by atoms with Crippen molar-refractivity contribution in [1.82, 2.24) is 0 Å². The van der Waals surface area contributed by atoms with Gasteiger partial charge in [0.2, 0.25) is 0 Å². The van der Waals surface area contributed by atoms with Gasteiger partial charge in [-0.15, -0.1) is 0 Å². The Balaban J connectivity index is 2.00. The Labute approximate surface area is 234 Å². The number of fused-ring (bicyclic) bond motifs is 4. The van der Waals surface area contributed by atoms with Crippen LogP contribution in [0.1, 0.15) is 34.3 Å². The third-order valence-corrected chi connectivity index (χ3v) is 5.75. The molecule has 0 amide bonds. The molecule has 0 unspecified atom stereocenters. The zero-order chi connectivity index (χ0) is 41.6. The molecule has 0 heteroatoms. The highest BCUT2D eigenvalue weighted by Crippen LogP contribution is 2.46. The summed E-state index contributed by atoms with van der Waals surface area (Å²) in [6, 6.07) is -16.7. The van der Waals surface area contributed by atoms with E-state index < -0.39 is 192 Å². The average molecular weight is 466 g/mol. The van der Waals surface area contributed by atoms with Crippen LogP contribution in [0.4, 0.5) is 0 Å². The van der Waals surface area contributed by atoms with Crippen LogP contribution in [0.5, 0.6) is 0 Å². The number of benzene rings is 7. The van der Waals surface area contributed by atoms with E-state index in [9.17, 15) is 8.22 Å². The Morgan fingerprint density at radius 3 is 1.40 bits per heavy atom. The average Bonchev–Trinajstić information content (AvgIpc) is 3.17. The van der Waals surface area contributed by atoms with Crippen molar-refractivity contribution < 1.29 is 28.8 Å². The molecule has 0 aliphatic rings. The molecule has 7 aromatic rings. The Hall–Kier alpha value is -4.42. The summed E-state index contributed by atoms with van der Waals surface area (Å²) in [4.78, 5) is 0. The highest BCUT2D eigenvalue weighted by Gasteiger charge is 2.19. The van der Waals surface area contributed by atoms with Gasteiger partial charge in [-0.1, -0.05) is 132 Å². The lowest BCUT2D eigenvalue weighted by Gasteiger charge is -2.20. The van der Waals surface area contributed by atoms with Gasteiger partial charge >= 0.3 is 0 Å². The minimum atomic E-state index is -0.883. The van der Waals surface area contributed by atoms with Crippen LogP contribution in [-0.2, 0) is 0 Å². The zero-order valence-corrected chi connectivity index (χ0v) is 18.0. The lowest BCUT2D eigenvalue weighted by Crippen LogP contribution is -1.93. The van der Waals surface area contributed by atoms with E-state index in [4.69, 9.17) is 20.6 Å². The van der Waals surface area contributed by atoms with Gasteiger partial charge in [0.15, 0.2) is 0 Å². The standard InChI is InChI=1S/C35H24/c1-23-20-21-32-33(22-23)35(29-19-9-13-25-11-3-5-15-27(25)29)31-17-7-6-16-30(31)34(32)28-18-8-12-24-10-2-4-14-26(24)28/h2-22H,1H3/i2D,3D,4D,5D,6D,7D,8D,9D,10D,11D,12D,13D,14D,15D,16D,17D,18D,19D,20D,21D,22D. The van der Waals surface area contributed by atoms with Gasteiger partial charge in [-0.2, -0.15) is 0 Å². The third kappa shape index (κ3) is 3.07. The highest BCUT2D eigenvalue weighted by molar-refractivity contribution is 6.25. The van der Waals surface area contributed by atoms with Crippen LogP contribution in [0.25, 0.3) is 65.3 Å². The first-order valence-electron chi connectivity index (χ1n) is 21.0. The van der Waals surface area contributed by atoms with Gasteiger partial charge in [0.05, 0.1) is 28.8 Å². The molecule has 0 saturated carbocycles. The number of hydrogen-bond donors (Lipinski definition) is 0. The van der Waals surface area contributed by atoms with Crippen LogP contribution in [-0.4, -0.2) is 0 Å². The van der Waals surface area contributed by atoms with E-state index in [-0.39, 0.29) is 5.56 Å². The van der Waals surface area contributed by atoms with Crippen molar-refractivity contribution >= 4 is 43.1 Å². The minimum Gasteiger partial charge on any atom is -0.0616 e. The SMILES string of the molecule is [2H]c1c([2H])c([2H])c2c(-c3c4c([2H])c([2H])c([2H])c([2H])c4c(-c4c([2H])c([2H])c([2H])c5c([2H])c([2H])c([2H])c([2H])c45)c4c([2H])c(C)c([2H])c([2H])c34)c([2H])c([2H])c([2H])c2c1[2H]. The van der Waals surface area contributed by atoms with E-state index >= 15 is 0 Å². The Kier molecular flexibility index (Phi) is 1.80. The maximum atomic E-state index is 9.42. The summed E-state index contributed by atoms with van der Waals surface area (Å²) in [6.45, 7) is 1.29. The van der Waals surface area contributed by atoms with Gasteiger partial charge in [-0.25, -0.2) is 0 Å². The summed E-state index contributed by atoms with van der Waals surface area (Å²) < 4.78 is 186. The second-order valence-electron chi connectivity index (χ2n) is 7.75. The molecule has 164 valence electrons. The predicted octanol–water partition coefficient (Wildman–Crippen LogP) is 9.94. The van der Waals surface area contributed by atoms with Crippen LogP contribution < -0.4 is 0 Å². The maximum absolute atomic E-state index is 9.42. The normalized spacial score (nSPS) is 20.0. The quantitative estimate of drug-likeness (QED) is 0.223. The monoisotopic (exact) mass is 465 g/mol. The summed E-state index contributed by atoms with van der Waals surface area (Å²) in [5.74, 6) is 0. The molecule has 0 spiro atoms. The van der Waals surface area contributed by atoms with Gasteiger partial charge in [0.1, 0.15) is 0 Å². The van der Waals surface area contributed by atoms with Crippen molar-refractivity contribution in [2.75, 3.05) is 0 Å². The summed E-state index contributed by atoms with van der Waals surface area (Å²) in [7, 11) is 0. The molecule has 0 atom stereocenters. The van der Waals surface area contributed by atoms with Crippen LogP contribution in [0.3, 0.4) is 0 Å². The van der Waals surface area contributed by atoms with E-state index in [0.717, 1.165) is 0 Å². The summed E-state index contributed by atoms with van der Waals surface area (Å²) in [5, 5.41) is -4.22. The Morgan fingerprint density at radius 1 is 0.400 bits per heavy atom. The zero-order valence-electron chi connectivity index (χ0n) is 39.0. The van der Waals surface area contributed by atoms with Crippen LogP contribution in [0.2, 0.25) is 0 Å². The van der Waals surface area contributed by atoms with Crippen LogP contribution in [0, 0.1) is 6.92 Å². The van der Waals surface area contributed by atoms with Gasteiger partial charge in [-0.3, -0.25) is 0 Å². The van der Waals surface area contributed by atoms with Crippen molar-refractivity contribution in [3.8, 4) is 22.3 Å². The molecule has 0 bridgehead atoms. The van der Waals surface area contributed by atoms with Crippen molar-refractivity contribution in [1.29, 1.82) is 0 Å². The van der Waals surface area contributed by atoms with Crippen molar-refractivity contribution in [2.45, 2.75) is 6.92 Å². The molecular formula is C35H24. The first kappa shape index (κ1) is 8.07. The summed E-state index contributed by atoms with van der Waals surface area (Å²) in [6.07, 6.45) is 0. The van der Waals surface area contributed by atoms with E-state index in [1.54, 1.807) is 0 Å². The third-order valence-electron chi connectivity index (χ3n) is 5.75. The fourth-order valence-corrected chi connectivity index (χ4v) is 4.31. The van der Waals surface area contributed by atoms with Crippen LogP contribution >= 0.6 is 0 Å². The van der Waals surface area contributed by atoms with Crippen molar-refractivity contribution in [3.63, 3.8) is 0 Å². The minimum absolute atomic E-state index is 0.170. The molecule has 0 nitrogen and oxygen atoms in total. The lowest BCUT2D eigenvalue weighted by molar-refractivity contribution is 1.51. The van der Waals surface area contributed by atoms with Gasteiger partial charge in [-0.05, 0) is 72.3 Å². The smallest absolute Gasteiger partial charge is 0.0616 e. The molecule has 0 heterocycles. The maximum Gasteiger partial charge on any atom is 0.0632 e. The molecule has 0 aromatic heterocycles. The largest absolute Gasteiger partial charge is 0.0632 e. The molecule has 0 saturated heterocycles. The first-order chi connectivity index (χ1) is 26.0. The number of hydrogen-bond acceptors (Lipinski definition) is 0. The molecular weight excluding hydrogens is 420 g/mol. The predicted molar refractivity (Wildman–Crippen MR) is 152 cm³/mol. The first-order valence-corrected chi connectivity index (χ1v) is 10.5. The second-order valence-corrected chi connectivity index (χ2v) is 7.75. The topological polar surface area (TPSA) is 0 Å². The van der Waals surface area contributed by atoms with Crippen LogP contribution in [0.15, 0.2) is 127 Å². The van der Waals surface area contributed by atoms with E-state index in [1.807, 2.05) is 0 Å². The molecule has 35 heavy (non-hydrogen) atoms. The highest BCUT2D eigenvalue weighted by atomic mass is 14.2. The molecule has 0 radical (unpaired) electrons. The summed E-state index contributed by atoms with van der Waals surface area (Å²) in [5.41, 5.74) is -2.35. The fourth-order valence-electron chi connectivity index (χ4n) is 4.31. The lowest BCUT2D eigenvalue weighted by atomic mass is 9.83. The molecule has 0 fully saturated rings. The second kappa shape index (κ2) is 7.82. The van der Waals surface area contributed by atoms with Gasteiger partial charge < -0.3 is 0 Å². The van der Waals surface area contributed by atoms with E-state index in [1.165, 1.54) is 6.92 Å². The molecule has 0 N–H and O–H groups in total.